The molecular weight excluding hydrogens is 378 g/mol. The molecule has 2 aliphatic rings. The van der Waals surface area contributed by atoms with Gasteiger partial charge in [-0.1, -0.05) is 5.92 Å². The molecule has 3 aromatic heterocycles. The maximum atomic E-state index is 12.0. The lowest BCUT2D eigenvalue weighted by Crippen LogP contribution is -2.43. The molecule has 3 N–H and O–H groups in total. The molecule has 1 amide bonds. The Kier molecular flexibility index (Phi) is 4.64. The van der Waals surface area contributed by atoms with Crippen molar-refractivity contribution in [2.24, 2.45) is 11.7 Å². The molecule has 3 aromatic rings. The quantitative estimate of drug-likeness (QED) is 0.641. The minimum absolute atomic E-state index is 0.0462. The van der Waals surface area contributed by atoms with Crippen molar-refractivity contribution in [3.8, 4) is 28.7 Å². The van der Waals surface area contributed by atoms with E-state index in [0.717, 1.165) is 48.1 Å². The molecule has 0 bridgehead atoms. The lowest BCUT2D eigenvalue weighted by atomic mass is 9.90. The number of rotatable bonds is 5. The zero-order valence-corrected chi connectivity index (χ0v) is 16.8. The van der Waals surface area contributed by atoms with Crippen molar-refractivity contribution < 1.29 is 9.53 Å². The van der Waals surface area contributed by atoms with Gasteiger partial charge in [-0.2, -0.15) is 5.10 Å². The van der Waals surface area contributed by atoms with Crippen molar-refractivity contribution in [3.63, 3.8) is 0 Å². The van der Waals surface area contributed by atoms with Crippen LogP contribution < -0.4 is 15.8 Å². The molecular formula is C23H23N5O2. The van der Waals surface area contributed by atoms with Crippen LogP contribution >= 0.6 is 0 Å². The van der Waals surface area contributed by atoms with Crippen molar-refractivity contribution in [3.05, 3.63) is 42.4 Å². The van der Waals surface area contributed by atoms with E-state index < -0.39 is 0 Å². The molecule has 0 saturated heterocycles. The molecule has 3 heterocycles. The topological polar surface area (TPSA) is 94.5 Å². The summed E-state index contributed by atoms with van der Waals surface area (Å²) < 4.78 is 7.93. The van der Waals surface area contributed by atoms with Crippen LogP contribution in [0.2, 0.25) is 0 Å². The van der Waals surface area contributed by atoms with Gasteiger partial charge in [0.1, 0.15) is 17.5 Å². The maximum absolute atomic E-state index is 12.0. The third-order valence-electron chi connectivity index (χ3n) is 5.52. The molecule has 2 aliphatic carbocycles. The number of hydrogen-bond donors (Lipinski definition) is 2. The van der Waals surface area contributed by atoms with Gasteiger partial charge in [0.15, 0.2) is 5.82 Å². The number of nitrogens with two attached hydrogens (primary N) is 1. The third kappa shape index (κ3) is 3.74. The number of amides is 1. The van der Waals surface area contributed by atoms with E-state index in [2.05, 4.69) is 27.2 Å². The van der Waals surface area contributed by atoms with Gasteiger partial charge in [0, 0.05) is 29.8 Å². The number of aromatic nitrogens is 3. The first kappa shape index (κ1) is 18.6. The van der Waals surface area contributed by atoms with Crippen LogP contribution in [0.3, 0.4) is 0 Å². The van der Waals surface area contributed by atoms with Crippen molar-refractivity contribution in [2.45, 2.75) is 44.8 Å². The number of hydrogen-bond acceptors (Lipinski definition) is 5. The molecule has 0 aromatic carbocycles. The molecule has 0 unspecified atom stereocenters. The van der Waals surface area contributed by atoms with E-state index in [-0.39, 0.29) is 24.0 Å². The van der Waals surface area contributed by atoms with Crippen molar-refractivity contribution in [1.29, 1.82) is 0 Å². The summed E-state index contributed by atoms with van der Waals surface area (Å²) in [6.45, 7) is 1.79. The molecule has 5 rings (SSSR count). The first-order chi connectivity index (χ1) is 14.6. The van der Waals surface area contributed by atoms with Crippen LogP contribution in [0.5, 0.6) is 5.75 Å². The van der Waals surface area contributed by atoms with E-state index in [9.17, 15) is 4.79 Å². The lowest BCUT2D eigenvalue weighted by Gasteiger charge is -2.33. The number of fused-ring (bicyclic) bond motifs is 1. The monoisotopic (exact) mass is 401 g/mol. The first-order valence-corrected chi connectivity index (χ1v) is 10.2. The van der Waals surface area contributed by atoms with Gasteiger partial charge in [-0.25, -0.2) is 9.50 Å². The number of carbonyl (C=O) groups is 1. The van der Waals surface area contributed by atoms with Crippen molar-refractivity contribution in [1.82, 2.24) is 14.6 Å². The van der Waals surface area contributed by atoms with Gasteiger partial charge in [0.05, 0.1) is 11.7 Å². The van der Waals surface area contributed by atoms with Crippen LogP contribution in [-0.4, -0.2) is 32.7 Å². The van der Waals surface area contributed by atoms with Gasteiger partial charge in [-0.05, 0) is 62.3 Å². The van der Waals surface area contributed by atoms with Crippen molar-refractivity contribution >= 4 is 17.2 Å². The van der Waals surface area contributed by atoms with E-state index >= 15 is 0 Å². The Morgan fingerprint density at radius 1 is 1.30 bits per heavy atom. The van der Waals surface area contributed by atoms with Crippen LogP contribution in [0, 0.1) is 17.8 Å². The maximum Gasteiger partial charge on any atom is 0.228 e. The van der Waals surface area contributed by atoms with Crippen LogP contribution in [0.25, 0.3) is 16.6 Å². The molecule has 7 heteroatoms. The molecule has 0 spiro atoms. The van der Waals surface area contributed by atoms with Gasteiger partial charge in [-0.15, -0.1) is 0 Å². The fourth-order valence-electron chi connectivity index (χ4n) is 3.64. The van der Waals surface area contributed by atoms with Crippen LogP contribution in [0.15, 0.2) is 36.7 Å². The number of nitrogens with one attached hydrogen (secondary N) is 1. The highest BCUT2D eigenvalue weighted by Crippen LogP contribution is 2.35. The zero-order valence-electron chi connectivity index (χ0n) is 16.8. The summed E-state index contributed by atoms with van der Waals surface area (Å²) in [6.07, 6.45) is 7.36. The molecule has 152 valence electrons. The van der Waals surface area contributed by atoms with E-state index in [0.29, 0.717) is 11.5 Å². The van der Waals surface area contributed by atoms with E-state index in [4.69, 9.17) is 10.5 Å². The summed E-state index contributed by atoms with van der Waals surface area (Å²) >= 11 is 0. The van der Waals surface area contributed by atoms with Gasteiger partial charge in [0.25, 0.3) is 0 Å². The minimum atomic E-state index is 0.0462. The summed E-state index contributed by atoms with van der Waals surface area (Å²) in [5, 5.41) is 7.35. The Bertz CT molecular complexity index is 1180. The second kappa shape index (κ2) is 7.47. The van der Waals surface area contributed by atoms with Crippen LogP contribution in [-0.2, 0) is 4.79 Å². The summed E-state index contributed by atoms with van der Waals surface area (Å²) in [6, 6.07) is 8.04. The average Bonchev–Trinajstić information content (AvgIpc) is 3.48. The van der Waals surface area contributed by atoms with Crippen LogP contribution in [0.1, 0.15) is 38.3 Å². The molecule has 0 atom stereocenters. The summed E-state index contributed by atoms with van der Waals surface area (Å²) in [5.41, 5.74) is 9.38. The van der Waals surface area contributed by atoms with E-state index in [1.165, 1.54) is 0 Å². The highest BCUT2D eigenvalue weighted by Gasteiger charge is 2.30. The second-order valence-corrected chi connectivity index (χ2v) is 7.99. The molecule has 2 fully saturated rings. The number of carbonyl (C=O) groups excluding carboxylic acids is 1. The molecule has 7 nitrogen and oxygen atoms in total. The van der Waals surface area contributed by atoms with Gasteiger partial charge >= 0.3 is 0 Å². The average molecular weight is 401 g/mol. The van der Waals surface area contributed by atoms with Gasteiger partial charge < -0.3 is 15.8 Å². The summed E-state index contributed by atoms with van der Waals surface area (Å²) in [7, 11) is 0. The number of nitrogens with zero attached hydrogens (tertiary/aromatic N) is 3. The van der Waals surface area contributed by atoms with Gasteiger partial charge in [0.2, 0.25) is 5.91 Å². The molecule has 30 heavy (non-hydrogen) atoms. The first-order valence-electron chi connectivity index (χ1n) is 10.2. The standard InChI is InChI=1S/C23H23N5O2/c1-2-3-17-11-20(21(13-25-17)30-19-9-16(24)10-19)15-6-7-28-18(8-15)12-22(27-28)26-23(29)14-4-5-14/h6-8,11-14,16,19H,4-5,9-10,24H2,1H3,(H,26,27,29). The SMILES string of the molecule is CC#Cc1cc(-c2ccn3nc(NC(=O)C4CC4)cc3c2)c(OC2CC(N)C2)cn1. The highest BCUT2D eigenvalue weighted by molar-refractivity contribution is 5.93. The van der Waals surface area contributed by atoms with E-state index in [1.807, 2.05) is 30.5 Å². The molecule has 2 saturated carbocycles. The zero-order chi connectivity index (χ0) is 20.7. The molecule has 0 aliphatic heterocycles. The number of ether oxygens (including phenoxy) is 1. The fraction of sp³-hybridized carbons (Fsp3) is 0.348. The van der Waals surface area contributed by atoms with Crippen molar-refractivity contribution in [2.75, 3.05) is 5.32 Å². The molecule has 0 radical (unpaired) electrons. The predicted molar refractivity (Wildman–Crippen MR) is 114 cm³/mol. The van der Waals surface area contributed by atoms with Gasteiger partial charge in [-0.3, -0.25) is 4.79 Å². The third-order valence-corrected chi connectivity index (χ3v) is 5.52. The highest BCUT2D eigenvalue weighted by atomic mass is 16.5. The number of anilines is 1. The lowest BCUT2D eigenvalue weighted by molar-refractivity contribution is -0.117. The summed E-state index contributed by atoms with van der Waals surface area (Å²) in [4.78, 5) is 16.4. The normalized spacial score (nSPS) is 20.2. The Balaban J connectivity index is 1.48. The fourth-order valence-corrected chi connectivity index (χ4v) is 3.64. The predicted octanol–water partition coefficient (Wildman–Crippen LogP) is 2.98. The number of pyridine rings is 2. The Hall–Kier alpha value is -3.37. The van der Waals surface area contributed by atoms with Crippen LogP contribution in [0.4, 0.5) is 5.82 Å². The summed E-state index contributed by atoms with van der Waals surface area (Å²) in [5.74, 6) is 7.38. The smallest absolute Gasteiger partial charge is 0.228 e. The minimum Gasteiger partial charge on any atom is -0.488 e. The second-order valence-electron chi connectivity index (χ2n) is 7.99. The largest absolute Gasteiger partial charge is 0.488 e. The van der Waals surface area contributed by atoms with E-state index in [1.54, 1.807) is 17.6 Å². The Morgan fingerprint density at radius 3 is 2.87 bits per heavy atom. The Morgan fingerprint density at radius 2 is 2.13 bits per heavy atom. The Labute approximate surface area is 174 Å².